The van der Waals surface area contributed by atoms with Crippen molar-refractivity contribution in [3.05, 3.63) is 53.9 Å². The first-order valence-electron chi connectivity index (χ1n) is 11.2. The normalized spacial score (nSPS) is 15.0. The Hall–Kier alpha value is -2.61. The fourth-order valence-corrected chi connectivity index (χ4v) is 4.71. The minimum Gasteiger partial charge on any atom is -0.353 e. The molecule has 7 nitrogen and oxygen atoms in total. The van der Waals surface area contributed by atoms with Crippen LogP contribution in [-0.4, -0.2) is 38.4 Å². The second-order valence-corrected chi connectivity index (χ2v) is 9.58. The van der Waals surface area contributed by atoms with Crippen molar-refractivity contribution in [3.8, 4) is 0 Å². The van der Waals surface area contributed by atoms with Crippen LogP contribution in [0.1, 0.15) is 67.3 Å². The molecule has 2 N–H and O–H groups in total. The molecule has 1 aromatic carbocycles. The quantitative estimate of drug-likeness (QED) is 0.417. The van der Waals surface area contributed by atoms with E-state index in [0.717, 1.165) is 18.4 Å². The zero-order valence-corrected chi connectivity index (χ0v) is 20.0. The van der Waals surface area contributed by atoms with Gasteiger partial charge < -0.3 is 15.2 Å². The maximum absolute atomic E-state index is 12.9. The Morgan fingerprint density at radius 3 is 2.69 bits per heavy atom. The highest BCUT2D eigenvalue weighted by atomic mass is 32.2. The van der Waals surface area contributed by atoms with Crippen molar-refractivity contribution in [1.82, 2.24) is 25.4 Å². The van der Waals surface area contributed by atoms with Crippen molar-refractivity contribution in [1.29, 1.82) is 0 Å². The smallest absolute Gasteiger partial charge is 0.251 e. The van der Waals surface area contributed by atoms with Gasteiger partial charge >= 0.3 is 0 Å². The lowest BCUT2D eigenvalue weighted by Crippen LogP contribution is -2.34. The Labute approximate surface area is 194 Å². The molecule has 3 rings (SSSR count). The number of rotatable bonds is 10. The molecule has 1 atom stereocenters. The molecule has 0 spiro atoms. The Kier molecular flexibility index (Phi) is 8.50. The van der Waals surface area contributed by atoms with Gasteiger partial charge in [-0.15, -0.1) is 16.8 Å². The summed E-state index contributed by atoms with van der Waals surface area (Å²) in [5.74, 6) is 0.920. The number of allylic oxidation sites excluding steroid dienone is 1. The van der Waals surface area contributed by atoms with Crippen molar-refractivity contribution < 1.29 is 9.59 Å². The van der Waals surface area contributed by atoms with Gasteiger partial charge in [0.25, 0.3) is 5.91 Å². The van der Waals surface area contributed by atoms with E-state index in [-0.39, 0.29) is 29.5 Å². The number of aryl methyl sites for hydroxylation is 1. The second-order valence-electron chi connectivity index (χ2n) is 8.64. The Bertz CT molecular complexity index is 950. The summed E-state index contributed by atoms with van der Waals surface area (Å²) in [5, 5.41) is 15.6. The number of hydrogen-bond acceptors (Lipinski definition) is 5. The van der Waals surface area contributed by atoms with Crippen LogP contribution in [0.5, 0.6) is 0 Å². The van der Waals surface area contributed by atoms with Gasteiger partial charge in [0.15, 0.2) is 11.0 Å². The van der Waals surface area contributed by atoms with Gasteiger partial charge in [0.2, 0.25) is 5.91 Å². The summed E-state index contributed by atoms with van der Waals surface area (Å²) in [6.45, 7) is 10.4. The highest BCUT2D eigenvalue weighted by Gasteiger charge is 2.26. The molecule has 1 aliphatic carbocycles. The molecule has 1 heterocycles. The molecule has 0 radical (unpaired) electrons. The lowest BCUT2D eigenvalue weighted by molar-refractivity contribution is -0.119. The Morgan fingerprint density at radius 1 is 1.28 bits per heavy atom. The van der Waals surface area contributed by atoms with Crippen LogP contribution in [0.15, 0.2) is 42.1 Å². The van der Waals surface area contributed by atoms with Crippen molar-refractivity contribution >= 4 is 23.6 Å². The van der Waals surface area contributed by atoms with Crippen LogP contribution < -0.4 is 10.6 Å². The van der Waals surface area contributed by atoms with Gasteiger partial charge in [0.05, 0.1) is 11.8 Å². The third-order valence-corrected chi connectivity index (χ3v) is 6.59. The van der Waals surface area contributed by atoms with Gasteiger partial charge in [-0.25, -0.2) is 0 Å². The lowest BCUT2D eigenvalue weighted by atomic mass is 10.0. The number of carbonyl (C=O) groups excluding carboxylic acids is 2. The molecule has 0 bridgehead atoms. The molecule has 0 saturated heterocycles. The summed E-state index contributed by atoms with van der Waals surface area (Å²) in [6, 6.07) is 7.48. The van der Waals surface area contributed by atoms with E-state index in [2.05, 4.69) is 27.4 Å². The average Bonchev–Trinajstić information content (AvgIpc) is 3.40. The van der Waals surface area contributed by atoms with Gasteiger partial charge in [-0.05, 0) is 37.8 Å². The first-order chi connectivity index (χ1) is 15.4. The van der Waals surface area contributed by atoms with Crippen LogP contribution in [0.25, 0.3) is 0 Å². The molecular weight excluding hydrogens is 422 g/mol. The molecule has 8 heteroatoms. The van der Waals surface area contributed by atoms with Gasteiger partial charge in [-0.3, -0.25) is 9.59 Å². The number of nitrogens with zero attached hydrogens (tertiary/aromatic N) is 3. The number of hydrogen-bond donors (Lipinski definition) is 2. The maximum Gasteiger partial charge on any atom is 0.251 e. The highest BCUT2D eigenvalue weighted by Crippen LogP contribution is 2.26. The number of thioether (sulfide) groups is 1. The van der Waals surface area contributed by atoms with E-state index in [1.165, 1.54) is 24.6 Å². The molecule has 0 unspecified atom stereocenters. The first-order valence-corrected chi connectivity index (χ1v) is 12.2. The molecule has 0 aliphatic heterocycles. The van der Waals surface area contributed by atoms with Crippen LogP contribution >= 0.6 is 11.8 Å². The van der Waals surface area contributed by atoms with Crippen LogP contribution in [0, 0.1) is 12.8 Å². The van der Waals surface area contributed by atoms with Crippen LogP contribution in [0.3, 0.4) is 0 Å². The molecule has 1 aromatic heterocycles. The number of benzene rings is 1. The summed E-state index contributed by atoms with van der Waals surface area (Å²) < 4.78 is 1.93. The number of aromatic nitrogens is 3. The van der Waals surface area contributed by atoms with Crippen LogP contribution in [0.2, 0.25) is 0 Å². The maximum atomic E-state index is 12.9. The Morgan fingerprint density at radius 2 is 2.03 bits per heavy atom. The minimum atomic E-state index is -0.322. The van der Waals surface area contributed by atoms with Crippen molar-refractivity contribution in [2.45, 2.75) is 70.2 Å². The third kappa shape index (κ3) is 6.22. The number of nitrogens with one attached hydrogen (secondary N) is 2. The van der Waals surface area contributed by atoms with Gasteiger partial charge in [0.1, 0.15) is 0 Å². The minimum absolute atomic E-state index is 0.0183. The van der Waals surface area contributed by atoms with Crippen LogP contribution in [0.4, 0.5) is 0 Å². The molecule has 2 aromatic rings. The SMILES string of the molecule is C=CCn1c(SCC(=O)NC2CCCC2)nnc1[C@H](NC(=O)c1cccc(C)c1)C(C)C. The Balaban J connectivity index is 1.73. The van der Waals surface area contributed by atoms with E-state index in [0.29, 0.717) is 29.1 Å². The molecule has 1 aliphatic rings. The molecule has 2 amide bonds. The number of amides is 2. The summed E-state index contributed by atoms with van der Waals surface area (Å²) in [7, 11) is 0. The van der Waals surface area contributed by atoms with E-state index in [1.807, 2.05) is 43.5 Å². The summed E-state index contributed by atoms with van der Waals surface area (Å²) >= 11 is 1.36. The predicted octanol–water partition coefficient (Wildman–Crippen LogP) is 4.05. The van der Waals surface area contributed by atoms with E-state index < -0.39 is 0 Å². The molecule has 1 fully saturated rings. The van der Waals surface area contributed by atoms with Gasteiger partial charge in [0, 0.05) is 18.2 Å². The summed E-state index contributed by atoms with van der Waals surface area (Å²) in [6.07, 6.45) is 6.25. The zero-order chi connectivity index (χ0) is 23.1. The van der Waals surface area contributed by atoms with E-state index in [4.69, 9.17) is 0 Å². The third-order valence-electron chi connectivity index (χ3n) is 5.62. The highest BCUT2D eigenvalue weighted by molar-refractivity contribution is 7.99. The lowest BCUT2D eigenvalue weighted by Gasteiger charge is -2.22. The largest absolute Gasteiger partial charge is 0.353 e. The number of carbonyl (C=O) groups is 2. The summed E-state index contributed by atoms with van der Waals surface area (Å²) in [5.41, 5.74) is 1.65. The topological polar surface area (TPSA) is 88.9 Å². The standard InChI is InChI=1S/C24H33N5O2S/c1-5-13-29-22(21(16(2)3)26-23(31)18-10-8-9-17(4)14-18)27-28-24(29)32-15-20(30)25-19-11-6-7-12-19/h5,8-10,14,16,19,21H,1,6-7,11-13,15H2,2-4H3,(H,25,30)(H,26,31)/t21-/m1/s1. The van der Waals surface area contributed by atoms with Gasteiger partial charge in [-0.2, -0.15) is 0 Å². The second kappa shape index (κ2) is 11.3. The van der Waals surface area contributed by atoms with Crippen molar-refractivity contribution in [2.75, 3.05) is 5.75 Å². The average molecular weight is 456 g/mol. The zero-order valence-electron chi connectivity index (χ0n) is 19.1. The predicted molar refractivity (Wildman–Crippen MR) is 128 cm³/mol. The van der Waals surface area contributed by atoms with Gasteiger partial charge in [-0.1, -0.05) is 62.2 Å². The van der Waals surface area contributed by atoms with E-state index >= 15 is 0 Å². The molecule has 32 heavy (non-hydrogen) atoms. The fraction of sp³-hybridized carbons (Fsp3) is 0.500. The molecular formula is C24H33N5O2S. The molecule has 172 valence electrons. The van der Waals surface area contributed by atoms with E-state index in [1.54, 1.807) is 12.1 Å². The first kappa shape index (κ1) is 24.0. The monoisotopic (exact) mass is 455 g/mol. The van der Waals surface area contributed by atoms with Crippen LogP contribution in [-0.2, 0) is 11.3 Å². The van der Waals surface area contributed by atoms with Crippen molar-refractivity contribution in [3.63, 3.8) is 0 Å². The van der Waals surface area contributed by atoms with E-state index in [9.17, 15) is 9.59 Å². The summed E-state index contributed by atoms with van der Waals surface area (Å²) in [4.78, 5) is 25.2. The fourth-order valence-electron chi connectivity index (χ4n) is 3.95. The molecule has 1 saturated carbocycles. The van der Waals surface area contributed by atoms with Crippen molar-refractivity contribution in [2.24, 2.45) is 5.92 Å².